The quantitative estimate of drug-likeness (QED) is 0.685. The second-order valence-corrected chi connectivity index (χ2v) is 2.06. The average molecular weight is 185 g/mol. The third-order valence-corrected chi connectivity index (χ3v) is 1.08. The van der Waals surface area contributed by atoms with E-state index in [4.69, 9.17) is 0 Å². The molecule has 0 radical (unpaired) electrons. The monoisotopic (exact) mass is 185 g/mol. The summed E-state index contributed by atoms with van der Waals surface area (Å²) in [4.78, 5) is 20.5. The van der Waals surface area contributed by atoms with Crippen molar-refractivity contribution < 1.29 is 18.7 Å². The summed E-state index contributed by atoms with van der Waals surface area (Å²) in [6.07, 6.45) is 2.02. The second kappa shape index (κ2) is 4.15. The lowest BCUT2D eigenvalue weighted by Crippen LogP contribution is -2.12. The first-order valence-electron chi connectivity index (χ1n) is 3.37. The number of carbonyl (C=O) groups is 1. The summed E-state index contributed by atoms with van der Waals surface area (Å²) >= 11 is 0. The number of primary amides is 1. The topological polar surface area (TPSA) is 95.7 Å². The molecule has 1 aromatic rings. The lowest BCUT2D eigenvalue weighted by atomic mass is 10.4. The van der Waals surface area contributed by atoms with E-state index in [1.165, 1.54) is 12.2 Å². The van der Waals surface area contributed by atoms with E-state index >= 15 is 0 Å². The molecule has 1 heterocycles. The fraction of sp³-hybridized carbons (Fsp3) is 0.143. The van der Waals surface area contributed by atoms with Gasteiger partial charge in [0.25, 0.3) is 0 Å². The SMILES string of the molecule is NC(=O)OCC=Cc1cc(=O)oo1. The molecule has 6 heteroatoms. The molecular weight excluding hydrogens is 178 g/mol. The van der Waals surface area contributed by atoms with E-state index in [-0.39, 0.29) is 12.4 Å². The fourth-order valence-corrected chi connectivity index (χ4v) is 0.624. The van der Waals surface area contributed by atoms with Gasteiger partial charge in [-0.15, -0.1) is 0 Å². The molecule has 0 aliphatic heterocycles. The van der Waals surface area contributed by atoms with Gasteiger partial charge in [-0.1, -0.05) is 0 Å². The van der Waals surface area contributed by atoms with Gasteiger partial charge in [0.2, 0.25) is 0 Å². The molecule has 1 amide bonds. The van der Waals surface area contributed by atoms with Gasteiger partial charge in [0, 0.05) is 0 Å². The standard InChI is InChI=1S/C7H7NO5/c8-7(10)11-3-1-2-5-4-6(9)13-12-5/h1-2,4H,3H2,(H2,8,10). The number of amides is 1. The summed E-state index contributed by atoms with van der Waals surface area (Å²) in [6, 6.07) is 1.15. The number of hydrogen-bond acceptors (Lipinski definition) is 5. The Morgan fingerprint density at radius 3 is 2.92 bits per heavy atom. The van der Waals surface area contributed by atoms with Crippen molar-refractivity contribution in [3.05, 3.63) is 28.3 Å². The summed E-state index contributed by atoms with van der Waals surface area (Å²) in [5, 5.41) is 0. The van der Waals surface area contributed by atoms with Crippen LogP contribution in [-0.4, -0.2) is 12.7 Å². The lowest BCUT2D eigenvalue weighted by molar-refractivity contribution is 0.0463. The van der Waals surface area contributed by atoms with Gasteiger partial charge in [-0.2, -0.15) is 0 Å². The van der Waals surface area contributed by atoms with Crippen molar-refractivity contribution in [2.45, 2.75) is 0 Å². The van der Waals surface area contributed by atoms with Crippen LogP contribution in [0, 0.1) is 0 Å². The van der Waals surface area contributed by atoms with Crippen LogP contribution in [0.4, 0.5) is 4.79 Å². The first kappa shape index (κ1) is 9.11. The van der Waals surface area contributed by atoms with Gasteiger partial charge in [-0.3, -0.25) is 4.58 Å². The molecule has 1 aromatic heterocycles. The number of carbonyl (C=O) groups excluding carboxylic acids is 1. The fourth-order valence-electron chi connectivity index (χ4n) is 0.624. The molecule has 0 fully saturated rings. The molecule has 0 aromatic carbocycles. The number of ether oxygens (including phenoxy) is 1. The minimum Gasteiger partial charge on any atom is -0.445 e. The summed E-state index contributed by atoms with van der Waals surface area (Å²) in [5.74, 6) is 0.248. The Kier molecular flexibility index (Phi) is 2.91. The van der Waals surface area contributed by atoms with E-state index in [2.05, 4.69) is 19.6 Å². The molecule has 2 N–H and O–H groups in total. The van der Waals surface area contributed by atoms with E-state index in [1.54, 1.807) is 0 Å². The molecule has 0 unspecified atom stereocenters. The maximum Gasteiger partial charge on any atom is 0.404 e. The Balaban J connectivity index is 2.41. The number of hydrogen-bond donors (Lipinski definition) is 1. The highest BCUT2D eigenvalue weighted by atomic mass is 17.0. The highest BCUT2D eigenvalue weighted by Gasteiger charge is 1.95. The van der Waals surface area contributed by atoms with E-state index in [1.807, 2.05) is 0 Å². The first-order chi connectivity index (χ1) is 6.18. The van der Waals surface area contributed by atoms with Gasteiger partial charge >= 0.3 is 11.7 Å². The van der Waals surface area contributed by atoms with Crippen LogP contribution in [0.3, 0.4) is 0 Å². The molecule has 0 aliphatic rings. The zero-order valence-corrected chi connectivity index (χ0v) is 6.56. The van der Waals surface area contributed by atoms with Crippen LogP contribution in [0.15, 0.2) is 26.1 Å². The number of rotatable bonds is 3. The Bertz CT molecular complexity index is 361. The van der Waals surface area contributed by atoms with Crippen molar-refractivity contribution in [3.63, 3.8) is 0 Å². The Labute approximate surface area is 72.5 Å². The van der Waals surface area contributed by atoms with Crippen molar-refractivity contribution >= 4 is 12.2 Å². The Morgan fingerprint density at radius 1 is 1.62 bits per heavy atom. The predicted molar refractivity (Wildman–Crippen MR) is 41.8 cm³/mol. The van der Waals surface area contributed by atoms with Crippen molar-refractivity contribution in [3.8, 4) is 0 Å². The van der Waals surface area contributed by atoms with Crippen LogP contribution in [0.1, 0.15) is 5.76 Å². The van der Waals surface area contributed by atoms with Crippen molar-refractivity contribution in [1.29, 1.82) is 0 Å². The minimum absolute atomic E-state index is 0.0181. The van der Waals surface area contributed by atoms with E-state index < -0.39 is 11.7 Å². The Morgan fingerprint density at radius 2 is 2.38 bits per heavy atom. The van der Waals surface area contributed by atoms with Gasteiger partial charge in [-0.05, 0) is 12.2 Å². The molecule has 0 bridgehead atoms. The molecule has 0 saturated carbocycles. The zero-order valence-electron chi connectivity index (χ0n) is 6.56. The minimum atomic E-state index is -0.863. The molecule has 70 valence electrons. The van der Waals surface area contributed by atoms with Gasteiger partial charge in [-0.25, -0.2) is 14.2 Å². The largest absolute Gasteiger partial charge is 0.445 e. The van der Waals surface area contributed by atoms with Gasteiger partial charge < -0.3 is 10.5 Å². The van der Waals surface area contributed by atoms with E-state index in [9.17, 15) is 9.59 Å². The summed E-state index contributed by atoms with van der Waals surface area (Å²) in [6.45, 7) is 0.0181. The average Bonchev–Trinajstić information content (AvgIpc) is 2.45. The molecule has 0 atom stereocenters. The first-order valence-corrected chi connectivity index (χ1v) is 3.37. The molecule has 1 rings (SSSR count). The van der Waals surface area contributed by atoms with Crippen molar-refractivity contribution in [2.75, 3.05) is 6.61 Å². The maximum absolute atomic E-state index is 10.4. The van der Waals surface area contributed by atoms with Crippen molar-refractivity contribution in [1.82, 2.24) is 0 Å². The molecule has 0 aliphatic carbocycles. The lowest BCUT2D eigenvalue weighted by Gasteiger charge is -1.92. The molecular formula is C7H7NO5. The molecule has 13 heavy (non-hydrogen) atoms. The highest BCUT2D eigenvalue weighted by molar-refractivity contribution is 5.64. The maximum atomic E-state index is 10.4. The number of nitrogens with two attached hydrogens (primary N) is 1. The van der Waals surface area contributed by atoms with Crippen LogP contribution in [0.2, 0.25) is 0 Å². The molecule has 6 nitrogen and oxygen atoms in total. The normalized spacial score (nSPS) is 10.5. The van der Waals surface area contributed by atoms with Gasteiger partial charge in [0.1, 0.15) is 6.61 Å². The third-order valence-electron chi connectivity index (χ3n) is 1.08. The summed E-state index contributed by atoms with van der Waals surface area (Å²) < 4.78 is 12.9. The van der Waals surface area contributed by atoms with Gasteiger partial charge in [0.05, 0.1) is 6.07 Å². The van der Waals surface area contributed by atoms with Crippen LogP contribution >= 0.6 is 0 Å². The predicted octanol–water partition coefficient (Wildman–Crippen LogP) is 0.341. The van der Waals surface area contributed by atoms with Crippen LogP contribution in [-0.2, 0) is 4.74 Å². The van der Waals surface area contributed by atoms with Gasteiger partial charge in [0.15, 0.2) is 5.76 Å². The molecule has 0 spiro atoms. The van der Waals surface area contributed by atoms with Crippen molar-refractivity contribution in [2.24, 2.45) is 5.73 Å². The smallest absolute Gasteiger partial charge is 0.404 e. The molecule has 0 saturated heterocycles. The summed E-state index contributed by atoms with van der Waals surface area (Å²) in [5.41, 5.74) is 4.12. The van der Waals surface area contributed by atoms with E-state index in [0.717, 1.165) is 6.07 Å². The van der Waals surface area contributed by atoms with Crippen LogP contribution in [0.5, 0.6) is 0 Å². The Hall–Kier alpha value is -1.98. The zero-order chi connectivity index (χ0) is 9.68. The second-order valence-electron chi connectivity index (χ2n) is 2.06. The van der Waals surface area contributed by atoms with E-state index in [0.29, 0.717) is 0 Å². The van der Waals surface area contributed by atoms with Crippen LogP contribution < -0.4 is 11.4 Å². The summed E-state index contributed by atoms with van der Waals surface area (Å²) in [7, 11) is 0. The highest BCUT2D eigenvalue weighted by Crippen LogP contribution is 1.97. The third kappa shape index (κ3) is 3.28. The van der Waals surface area contributed by atoms with Crippen LogP contribution in [0.25, 0.3) is 6.08 Å².